The van der Waals surface area contributed by atoms with Crippen molar-refractivity contribution in [1.29, 1.82) is 0 Å². The first-order valence-corrected chi connectivity index (χ1v) is 9.68. The van der Waals surface area contributed by atoms with Crippen molar-refractivity contribution in [1.82, 2.24) is 10.2 Å². The number of hydrogen-bond donors (Lipinski definition) is 1. The molecule has 3 aliphatic rings. The maximum absolute atomic E-state index is 13.5. The quantitative estimate of drug-likeness (QED) is 0.787. The van der Waals surface area contributed by atoms with Crippen molar-refractivity contribution in [3.8, 4) is 0 Å². The second-order valence-electron chi connectivity index (χ2n) is 7.92. The SMILES string of the molecule is CCOCC(=O)NC[C@H]1[C@H]2CN(Cc3cc(F)cc(F)c3)C[C@]23CC[C@H]1O3. The Morgan fingerprint density at radius 1 is 1.37 bits per heavy atom. The van der Waals surface area contributed by atoms with Gasteiger partial charge >= 0.3 is 0 Å². The molecule has 27 heavy (non-hydrogen) atoms. The van der Waals surface area contributed by atoms with Crippen LogP contribution in [0.3, 0.4) is 0 Å². The van der Waals surface area contributed by atoms with E-state index in [-0.39, 0.29) is 30.1 Å². The minimum absolute atomic E-state index is 0.0851. The van der Waals surface area contributed by atoms with Crippen LogP contribution in [0.4, 0.5) is 8.78 Å². The molecule has 3 heterocycles. The lowest BCUT2D eigenvalue weighted by molar-refractivity contribution is -0.125. The van der Waals surface area contributed by atoms with Gasteiger partial charge in [0.2, 0.25) is 5.91 Å². The lowest BCUT2D eigenvalue weighted by Gasteiger charge is -2.29. The zero-order valence-corrected chi connectivity index (χ0v) is 15.5. The van der Waals surface area contributed by atoms with Gasteiger partial charge in [-0.3, -0.25) is 9.69 Å². The van der Waals surface area contributed by atoms with Gasteiger partial charge in [-0.2, -0.15) is 0 Å². The molecule has 3 aliphatic heterocycles. The summed E-state index contributed by atoms with van der Waals surface area (Å²) in [6.07, 6.45) is 2.21. The Balaban J connectivity index is 1.39. The van der Waals surface area contributed by atoms with Crippen LogP contribution in [0.2, 0.25) is 0 Å². The van der Waals surface area contributed by atoms with E-state index in [1.807, 2.05) is 6.92 Å². The Morgan fingerprint density at radius 3 is 2.89 bits per heavy atom. The van der Waals surface area contributed by atoms with Crippen molar-refractivity contribution in [3.63, 3.8) is 0 Å². The van der Waals surface area contributed by atoms with E-state index in [0.717, 1.165) is 32.0 Å². The second-order valence-corrected chi connectivity index (χ2v) is 7.92. The molecular weight excluding hydrogens is 354 g/mol. The van der Waals surface area contributed by atoms with Gasteiger partial charge in [0.05, 0.1) is 11.7 Å². The fourth-order valence-electron chi connectivity index (χ4n) is 5.12. The van der Waals surface area contributed by atoms with Gasteiger partial charge in [0.15, 0.2) is 0 Å². The Morgan fingerprint density at radius 2 is 2.15 bits per heavy atom. The third-order valence-electron chi connectivity index (χ3n) is 6.16. The lowest BCUT2D eigenvalue weighted by Crippen LogP contribution is -2.42. The second kappa shape index (κ2) is 7.45. The van der Waals surface area contributed by atoms with E-state index < -0.39 is 11.6 Å². The zero-order chi connectivity index (χ0) is 19.0. The van der Waals surface area contributed by atoms with Gasteiger partial charge in [0, 0.05) is 50.7 Å². The first-order chi connectivity index (χ1) is 13.0. The summed E-state index contributed by atoms with van der Waals surface area (Å²) in [7, 11) is 0. The highest BCUT2D eigenvalue weighted by Crippen LogP contribution is 2.54. The number of fused-ring (bicyclic) bond motifs is 1. The molecule has 148 valence electrons. The van der Waals surface area contributed by atoms with Gasteiger partial charge in [-0.15, -0.1) is 0 Å². The molecule has 0 unspecified atom stereocenters. The highest BCUT2D eigenvalue weighted by Gasteiger charge is 2.62. The highest BCUT2D eigenvalue weighted by atomic mass is 19.1. The number of amides is 1. The van der Waals surface area contributed by atoms with Gasteiger partial charge in [-0.25, -0.2) is 8.78 Å². The molecule has 1 aromatic rings. The largest absolute Gasteiger partial charge is 0.372 e. The molecule has 1 spiro atoms. The predicted octanol–water partition coefficient (Wildman–Crippen LogP) is 2.10. The number of carbonyl (C=O) groups excluding carboxylic acids is 1. The summed E-state index contributed by atoms with van der Waals surface area (Å²) in [5.41, 5.74) is 0.464. The van der Waals surface area contributed by atoms with Crippen LogP contribution >= 0.6 is 0 Å². The number of rotatable bonds is 7. The average Bonchev–Trinajstić information content (AvgIpc) is 3.25. The number of ether oxygens (including phenoxy) is 2. The number of halogens is 2. The maximum atomic E-state index is 13.5. The van der Waals surface area contributed by atoms with Crippen molar-refractivity contribution < 1.29 is 23.0 Å². The lowest BCUT2D eigenvalue weighted by atomic mass is 9.73. The van der Waals surface area contributed by atoms with Crippen LogP contribution in [-0.2, 0) is 20.8 Å². The van der Waals surface area contributed by atoms with Gasteiger partial charge in [0.1, 0.15) is 18.2 Å². The summed E-state index contributed by atoms with van der Waals surface area (Å²) in [5, 5.41) is 2.97. The number of hydrogen-bond acceptors (Lipinski definition) is 4. The van der Waals surface area contributed by atoms with Crippen LogP contribution in [0, 0.1) is 23.5 Å². The summed E-state index contributed by atoms with van der Waals surface area (Å²) in [6, 6.07) is 3.67. The molecule has 1 aromatic carbocycles. The van der Waals surface area contributed by atoms with Crippen LogP contribution in [0.15, 0.2) is 18.2 Å². The summed E-state index contributed by atoms with van der Waals surface area (Å²) in [4.78, 5) is 14.1. The Labute approximate surface area is 158 Å². The molecule has 7 heteroatoms. The monoisotopic (exact) mass is 380 g/mol. The molecule has 1 N–H and O–H groups in total. The van der Waals surface area contributed by atoms with Crippen molar-refractivity contribution in [2.24, 2.45) is 11.8 Å². The van der Waals surface area contributed by atoms with Gasteiger partial charge < -0.3 is 14.8 Å². The molecule has 0 aliphatic carbocycles. The van der Waals surface area contributed by atoms with E-state index in [1.165, 1.54) is 12.1 Å². The van der Waals surface area contributed by atoms with Crippen molar-refractivity contribution in [2.45, 2.75) is 38.0 Å². The maximum Gasteiger partial charge on any atom is 0.246 e. The first kappa shape index (κ1) is 18.8. The molecule has 2 bridgehead atoms. The minimum atomic E-state index is -0.547. The number of nitrogens with zero attached hydrogens (tertiary/aromatic N) is 1. The number of benzene rings is 1. The normalized spacial score (nSPS) is 32.0. The fourth-order valence-corrected chi connectivity index (χ4v) is 5.12. The molecule has 0 radical (unpaired) electrons. The third-order valence-corrected chi connectivity index (χ3v) is 6.16. The average molecular weight is 380 g/mol. The Kier molecular flexibility index (Phi) is 5.18. The van der Waals surface area contributed by atoms with Gasteiger partial charge in [-0.1, -0.05) is 0 Å². The van der Waals surface area contributed by atoms with E-state index in [1.54, 1.807) is 0 Å². The zero-order valence-electron chi connectivity index (χ0n) is 15.5. The topological polar surface area (TPSA) is 50.8 Å². The summed E-state index contributed by atoms with van der Waals surface area (Å²) in [5.74, 6) is -0.580. The molecule has 3 fully saturated rings. The van der Waals surface area contributed by atoms with Gasteiger partial charge in [-0.05, 0) is 37.5 Å². The van der Waals surface area contributed by atoms with Crippen molar-refractivity contribution in [2.75, 3.05) is 32.8 Å². The van der Waals surface area contributed by atoms with E-state index in [0.29, 0.717) is 31.2 Å². The van der Waals surface area contributed by atoms with Crippen LogP contribution in [0.1, 0.15) is 25.3 Å². The molecule has 0 saturated carbocycles. The smallest absolute Gasteiger partial charge is 0.246 e. The predicted molar refractivity (Wildman–Crippen MR) is 95.0 cm³/mol. The molecule has 0 aromatic heterocycles. The third kappa shape index (κ3) is 3.73. The van der Waals surface area contributed by atoms with E-state index >= 15 is 0 Å². The number of likely N-dealkylation sites (tertiary alicyclic amines) is 1. The van der Waals surface area contributed by atoms with Crippen LogP contribution in [0.25, 0.3) is 0 Å². The molecule has 1 amide bonds. The summed E-state index contributed by atoms with van der Waals surface area (Å²) >= 11 is 0. The van der Waals surface area contributed by atoms with E-state index in [4.69, 9.17) is 9.47 Å². The highest BCUT2D eigenvalue weighted by molar-refractivity contribution is 5.77. The summed E-state index contributed by atoms with van der Waals surface area (Å²) in [6.45, 7) is 5.15. The van der Waals surface area contributed by atoms with Crippen molar-refractivity contribution in [3.05, 3.63) is 35.4 Å². The van der Waals surface area contributed by atoms with Crippen LogP contribution in [-0.4, -0.2) is 55.4 Å². The van der Waals surface area contributed by atoms with Crippen LogP contribution in [0.5, 0.6) is 0 Å². The van der Waals surface area contributed by atoms with E-state index in [9.17, 15) is 13.6 Å². The van der Waals surface area contributed by atoms with Gasteiger partial charge in [0.25, 0.3) is 0 Å². The first-order valence-electron chi connectivity index (χ1n) is 9.68. The Bertz CT molecular complexity index is 696. The summed E-state index contributed by atoms with van der Waals surface area (Å²) < 4.78 is 38.4. The molecule has 4 rings (SSSR count). The Hall–Kier alpha value is -1.57. The molecule has 5 nitrogen and oxygen atoms in total. The minimum Gasteiger partial charge on any atom is -0.372 e. The number of nitrogens with one attached hydrogen (secondary N) is 1. The number of carbonyl (C=O) groups is 1. The fraction of sp³-hybridized carbons (Fsp3) is 0.650. The molecule has 3 saturated heterocycles. The van der Waals surface area contributed by atoms with Crippen LogP contribution < -0.4 is 5.32 Å². The van der Waals surface area contributed by atoms with Crippen molar-refractivity contribution >= 4 is 5.91 Å². The molecule has 4 atom stereocenters. The molecular formula is C20H26F2N2O3. The standard InChI is InChI=1S/C20H26F2N2O3/c1-2-26-11-19(25)23-8-16-17-10-24(12-20(17)4-3-18(16)27-20)9-13-5-14(21)7-15(22)6-13/h5-7,16-18H,2-4,8-12H2,1H3,(H,23,25)/t16-,17+,18+,20+/m0/s1. The van der Waals surface area contributed by atoms with E-state index in [2.05, 4.69) is 10.2 Å².